The first kappa shape index (κ1) is 12.4. The average Bonchev–Trinajstić information content (AvgIpc) is 2.26. The minimum atomic E-state index is -0.527. The first-order valence-electron chi connectivity index (χ1n) is 5.89. The lowest BCUT2D eigenvalue weighted by Gasteiger charge is -2.20. The van der Waals surface area contributed by atoms with Crippen molar-refractivity contribution < 1.29 is 9.53 Å². The second kappa shape index (κ2) is 4.33. The maximum Gasteiger partial charge on any atom is 0.341 e. The second-order valence-electron chi connectivity index (χ2n) is 5.25. The number of benzene rings is 2. The minimum Gasteiger partial charge on any atom is -0.456 e. The lowest BCUT2D eigenvalue weighted by molar-refractivity contribution is 0.00731. The van der Waals surface area contributed by atoms with Crippen LogP contribution in [0.2, 0.25) is 0 Å². The number of fused-ring (bicyclic) bond motifs is 1. The number of ether oxygens (including phenoxy) is 1. The molecular weight excluding hydrogens is 226 g/mol. The Morgan fingerprint density at radius 1 is 1.11 bits per heavy atom. The van der Waals surface area contributed by atoms with Gasteiger partial charge in [-0.15, -0.1) is 0 Å². The van der Waals surface area contributed by atoms with Crippen LogP contribution in [0.15, 0.2) is 36.4 Å². The Morgan fingerprint density at radius 2 is 1.78 bits per heavy atom. The fourth-order valence-electron chi connectivity index (χ4n) is 1.85. The van der Waals surface area contributed by atoms with Crippen molar-refractivity contribution in [3.05, 3.63) is 42.0 Å². The molecule has 2 aromatic carbocycles. The van der Waals surface area contributed by atoms with Gasteiger partial charge < -0.3 is 10.5 Å². The van der Waals surface area contributed by atoms with E-state index in [0.29, 0.717) is 11.3 Å². The highest BCUT2D eigenvalue weighted by Gasteiger charge is 2.21. The van der Waals surface area contributed by atoms with Crippen LogP contribution < -0.4 is 5.73 Å². The molecule has 0 heterocycles. The Balaban J connectivity index is 2.56. The number of hydrogen-bond donors (Lipinski definition) is 1. The summed E-state index contributed by atoms with van der Waals surface area (Å²) in [4.78, 5) is 12.2. The SMILES string of the molecule is CC(C)(C)OC(=O)c1c(N)ccc2ccccc12. The summed E-state index contributed by atoms with van der Waals surface area (Å²) in [5.41, 5.74) is 6.27. The molecule has 2 N–H and O–H groups in total. The quantitative estimate of drug-likeness (QED) is 0.617. The topological polar surface area (TPSA) is 52.3 Å². The normalized spacial score (nSPS) is 11.5. The number of anilines is 1. The Bertz CT molecular complexity index is 597. The van der Waals surface area contributed by atoms with Crippen LogP contribution in [0, 0.1) is 0 Å². The standard InChI is InChI=1S/C15H17NO2/c1-15(2,3)18-14(17)13-11-7-5-4-6-10(11)8-9-12(13)16/h4-9H,16H2,1-3H3. The van der Waals surface area contributed by atoms with Gasteiger partial charge in [-0.1, -0.05) is 30.3 Å². The Morgan fingerprint density at radius 3 is 2.44 bits per heavy atom. The zero-order valence-electron chi connectivity index (χ0n) is 10.9. The van der Waals surface area contributed by atoms with E-state index >= 15 is 0 Å². The Labute approximate surface area is 107 Å². The number of rotatable bonds is 1. The van der Waals surface area contributed by atoms with Crippen molar-refractivity contribution in [2.75, 3.05) is 5.73 Å². The van der Waals surface area contributed by atoms with E-state index in [2.05, 4.69) is 0 Å². The van der Waals surface area contributed by atoms with Crippen molar-refractivity contribution in [2.24, 2.45) is 0 Å². The summed E-state index contributed by atoms with van der Waals surface area (Å²) in [6, 6.07) is 11.3. The number of carbonyl (C=O) groups is 1. The molecule has 0 spiro atoms. The van der Waals surface area contributed by atoms with E-state index in [-0.39, 0.29) is 5.97 Å². The zero-order chi connectivity index (χ0) is 13.3. The summed E-state index contributed by atoms with van der Waals surface area (Å²) < 4.78 is 5.39. The second-order valence-corrected chi connectivity index (χ2v) is 5.25. The molecule has 2 rings (SSSR count). The summed E-state index contributed by atoms with van der Waals surface area (Å²) in [7, 11) is 0. The predicted molar refractivity (Wildman–Crippen MR) is 73.5 cm³/mol. The number of esters is 1. The third-order valence-electron chi connectivity index (χ3n) is 2.56. The van der Waals surface area contributed by atoms with E-state index in [1.165, 1.54) is 0 Å². The van der Waals surface area contributed by atoms with Crippen LogP contribution in [-0.2, 0) is 4.74 Å². The van der Waals surface area contributed by atoms with Gasteiger partial charge >= 0.3 is 5.97 Å². The van der Waals surface area contributed by atoms with Crippen LogP contribution in [-0.4, -0.2) is 11.6 Å². The minimum absolute atomic E-state index is 0.378. The molecule has 2 aromatic rings. The van der Waals surface area contributed by atoms with Gasteiger partial charge in [-0.3, -0.25) is 0 Å². The molecule has 0 atom stereocenters. The van der Waals surface area contributed by atoms with Crippen LogP contribution in [0.5, 0.6) is 0 Å². The van der Waals surface area contributed by atoms with E-state index in [1.54, 1.807) is 6.07 Å². The maximum atomic E-state index is 12.2. The number of nitrogens with two attached hydrogens (primary N) is 1. The molecule has 94 valence electrons. The number of nitrogen functional groups attached to an aromatic ring is 1. The van der Waals surface area contributed by atoms with Gasteiger partial charge in [0.1, 0.15) is 5.60 Å². The van der Waals surface area contributed by atoms with E-state index in [1.807, 2.05) is 51.1 Å². The summed E-state index contributed by atoms with van der Waals surface area (Å²) in [5, 5.41) is 1.80. The zero-order valence-corrected chi connectivity index (χ0v) is 10.9. The van der Waals surface area contributed by atoms with E-state index < -0.39 is 5.60 Å². The molecule has 0 amide bonds. The highest BCUT2D eigenvalue weighted by Crippen LogP contribution is 2.26. The molecule has 18 heavy (non-hydrogen) atoms. The van der Waals surface area contributed by atoms with Crippen LogP contribution in [0.1, 0.15) is 31.1 Å². The van der Waals surface area contributed by atoms with Gasteiger partial charge in [-0.25, -0.2) is 4.79 Å². The molecule has 0 fully saturated rings. The van der Waals surface area contributed by atoms with Gasteiger partial charge in [0.15, 0.2) is 0 Å². The number of carbonyl (C=O) groups excluding carboxylic acids is 1. The molecule has 0 radical (unpaired) electrons. The molecule has 0 saturated carbocycles. The highest BCUT2D eigenvalue weighted by molar-refractivity contribution is 6.09. The molecule has 0 aliphatic rings. The van der Waals surface area contributed by atoms with Gasteiger partial charge in [-0.05, 0) is 37.6 Å². The van der Waals surface area contributed by atoms with Crippen LogP contribution in [0.4, 0.5) is 5.69 Å². The van der Waals surface area contributed by atoms with Gasteiger partial charge in [0.05, 0.1) is 5.56 Å². The third kappa shape index (κ3) is 2.45. The summed E-state index contributed by atoms with van der Waals surface area (Å²) in [5.74, 6) is -0.378. The molecule has 3 nitrogen and oxygen atoms in total. The smallest absolute Gasteiger partial charge is 0.341 e. The summed E-state index contributed by atoms with van der Waals surface area (Å²) in [6.45, 7) is 5.52. The van der Waals surface area contributed by atoms with Crippen molar-refractivity contribution in [1.29, 1.82) is 0 Å². The van der Waals surface area contributed by atoms with Crippen molar-refractivity contribution in [3.8, 4) is 0 Å². The molecule has 3 heteroatoms. The van der Waals surface area contributed by atoms with Crippen LogP contribution in [0.3, 0.4) is 0 Å². The fraction of sp³-hybridized carbons (Fsp3) is 0.267. The fourth-order valence-corrected chi connectivity index (χ4v) is 1.85. The predicted octanol–water partition coefficient (Wildman–Crippen LogP) is 3.38. The summed E-state index contributed by atoms with van der Waals surface area (Å²) in [6.07, 6.45) is 0. The van der Waals surface area contributed by atoms with E-state index in [4.69, 9.17) is 10.5 Å². The van der Waals surface area contributed by atoms with Gasteiger partial charge in [0.2, 0.25) is 0 Å². The molecule has 0 unspecified atom stereocenters. The molecule has 0 bridgehead atoms. The highest BCUT2D eigenvalue weighted by atomic mass is 16.6. The van der Waals surface area contributed by atoms with E-state index in [9.17, 15) is 4.79 Å². The van der Waals surface area contributed by atoms with Gasteiger partial charge in [0.25, 0.3) is 0 Å². The van der Waals surface area contributed by atoms with Crippen molar-refractivity contribution in [1.82, 2.24) is 0 Å². The van der Waals surface area contributed by atoms with Crippen molar-refractivity contribution in [2.45, 2.75) is 26.4 Å². The van der Waals surface area contributed by atoms with Gasteiger partial charge in [-0.2, -0.15) is 0 Å². The van der Waals surface area contributed by atoms with Crippen molar-refractivity contribution in [3.63, 3.8) is 0 Å². The molecule has 0 aromatic heterocycles. The monoisotopic (exact) mass is 243 g/mol. The average molecular weight is 243 g/mol. The van der Waals surface area contributed by atoms with Gasteiger partial charge in [0, 0.05) is 5.69 Å². The molecule has 0 aliphatic heterocycles. The third-order valence-corrected chi connectivity index (χ3v) is 2.56. The van der Waals surface area contributed by atoms with Crippen LogP contribution in [0.25, 0.3) is 10.8 Å². The molecule has 0 saturated heterocycles. The molecular formula is C15H17NO2. The lowest BCUT2D eigenvalue weighted by atomic mass is 10.0. The number of hydrogen-bond acceptors (Lipinski definition) is 3. The Kier molecular flexibility index (Phi) is 2.99. The Hall–Kier alpha value is -2.03. The first-order chi connectivity index (χ1) is 8.38. The summed E-state index contributed by atoms with van der Waals surface area (Å²) >= 11 is 0. The maximum absolute atomic E-state index is 12.2. The lowest BCUT2D eigenvalue weighted by Crippen LogP contribution is -2.24. The van der Waals surface area contributed by atoms with Crippen LogP contribution >= 0.6 is 0 Å². The van der Waals surface area contributed by atoms with Crippen molar-refractivity contribution >= 4 is 22.4 Å². The molecule has 0 aliphatic carbocycles. The van der Waals surface area contributed by atoms with E-state index in [0.717, 1.165) is 10.8 Å². The largest absolute Gasteiger partial charge is 0.456 e. The first-order valence-corrected chi connectivity index (χ1v) is 5.89.